The van der Waals surface area contributed by atoms with Crippen molar-refractivity contribution < 1.29 is 17.6 Å². The molecule has 0 spiro atoms. The molecule has 146 valence electrons. The average molecular weight is 392 g/mol. The van der Waals surface area contributed by atoms with Crippen LogP contribution in [0.3, 0.4) is 0 Å². The summed E-state index contributed by atoms with van der Waals surface area (Å²) in [7, 11) is -3.67. The number of sulfone groups is 1. The molecule has 1 aliphatic heterocycles. The van der Waals surface area contributed by atoms with Gasteiger partial charge in [-0.15, -0.1) is 5.10 Å². The summed E-state index contributed by atoms with van der Waals surface area (Å²) in [5.41, 5.74) is 0.665. The van der Waals surface area contributed by atoms with E-state index in [0.29, 0.717) is 24.9 Å². The molecule has 0 bridgehead atoms. The number of likely N-dealkylation sites (tertiary alicyclic amines) is 1. The van der Waals surface area contributed by atoms with Gasteiger partial charge in [0.2, 0.25) is 15.7 Å². The Hall–Kier alpha value is -2.42. The molecule has 2 amide bonds. The van der Waals surface area contributed by atoms with Crippen LogP contribution in [-0.4, -0.2) is 49.2 Å². The SMILES string of the molecule is O=C(NCCCc1nnc(S(=O)(=O)Cc2ccccc2)o1)N1CCCCC1. The molecule has 0 saturated carbocycles. The van der Waals surface area contributed by atoms with Crippen molar-refractivity contribution in [2.24, 2.45) is 0 Å². The molecule has 0 unspecified atom stereocenters. The predicted octanol–water partition coefficient (Wildman–Crippen LogP) is 2.17. The Balaban J connectivity index is 1.45. The van der Waals surface area contributed by atoms with E-state index in [1.165, 1.54) is 6.42 Å². The Bertz CT molecular complexity index is 845. The monoisotopic (exact) mass is 392 g/mol. The van der Waals surface area contributed by atoms with E-state index in [2.05, 4.69) is 15.5 Å². The van der Waals surface area contributed by atoms with Gasteiger partial charge >= 0.3 is 11.3 Å². The molecule has 0 radical (unpaired) electrons. The predicted molar refractivity (Wildman–Crippen MR) is 98.8 cm³/mol. The van der Waals surface area contributed by atoms with Crippen molar-refractivity contribution in [3.8, 4) is 0 Å². The van der Waals surface area contributed by atoms with Gasteiger partial charge in [-0.25, -0.2) is 13.2 Å². The Kier molecular flexibility index (Phi) is 6.44. The molecule has 1 aliphatic rings. The van der Waals surface area contributed by atoms with Crippen LogP contribution < -0.4 is 5.32 Å². The zero-order chi connectivity index (χ0) is 19.1. The van der Waals surface area contributed by atoms with E-state index in [4.69, 9.17) is 4.42 Å². The molecule has 27 heavy (non-hydrogen) atoms. The summed E-state index contributed by atoms with van der Waals surface area (Å²) >= 11 is 0. The van der Waals surface area contributed by atoms with Crippen molar-refractivity contribution in [2.45, 2.75) is 43.1 Å². The van der Waals surface area contributed by atoms with Gasteiger partial charge in [-0.05, 0) is 31.2 Å². The lowest BCUT2D eigenvalue weighted by Gasteiger charge is -2.26. The fourth-order valence-corrected chi connectivity index (χ4v) is 4.11. The molecular weight excluding hydrogens is 368 g/mol. The van der Waals surface area contributed by atoms with Crippen molar-refractivity contribution in [2.75, 3.05) is 19.6 Å². The van der Waals surface area contributed by atoms with Crippen LogP contribution in [-0.2, 0) is 22.0 Å². The van der Waals surface area contributed by atoms with Gasteiger partial charge in [0.1, 0.15) is 0 Å². The molecule has 1 aromatic heterocycles. The number of benzene rings is 1. The van der Waals surface area contributed by atoms with Gasteiger partial charge in [0.25, 0.3) is 0 Å². The fourth-order valence-electron chi connectivity index (χ4n) is 2.96. The van der Waals surface area contributed by atoms with E-state index in [1.807, 2.05) is 11.0 Å². The molecule has 3 rings (SSSR count). The van der Waals surface area contributed by atoms with Crippen molar-refractivity contribution in [3.63, 3.8) is 0 Å². The minimum absolute atomic E-state index is 0.0497. The van der Waals surface area contributed by atoms with Crippen molar-refractivity contribution in [1.82, 2.24) is 20.4 Å². The van der Waals surface area contributed by atoms with Crippen LogP contribution in [0.25, 0.3) is 0 Å². The Morgan fingerprint density at radius 1 is 1.11 bits per heavy atom. The number of aromatic nitrogens is 2. The highest BCUT2D eigenvalue weighted by Crippen LogP contribution is 2.15. The second-order valence-electron chi connectivity index (χ2n) is 6.59. The van der Waals surface area contributed by atoms with E-state index in [1.54, 1.807) is 24.3 Å². The number of rotatable bonds is 7. The summed E-state index contributed by atoms with van der Waals surface area (Å²) in [5, 5.41) is 9.99. The summed E-state index contributed by atoms with van der Waals surface area (Å²) in [6, 6.07) is 8.81. The topological polar surface area (TPSA) is 105 Å². The molecule has 1 saturated heterocycles. The summed E-state index contributed by atoms with van der Waals surface area (Å²) in [6.07, 6.45) is 4.29. The van der Waals surface area contributed by atoms with Gasteiger partial charge in [0.15, 0.2) is 0 Å². The quantitative estimate of drug-likeness (QED) is 0.724. The lowest BCUT2D eigenvalue weighted by Crippen LogP contribution is -2.43. The zero-order valence-corrected chi connectivity index (χ0v) is 16.0. The van der Waals surface area contributed by atoms with E-state index in [0.717, 1.165) is 25.9 Å². The van der Waals surface area contributed by atoms with Gasteiger partial charge < -0.3 is 14.6 Å². The van der Waals surface area contributed by atoms with Crippen LogP contribution in [0.5, 0.6) is 0 Å². The number of aryl methyl sites for hydroxylation is 1. The van der Waals surface area contributed by atoms with Gasteiger partial charge in [0, 0.05) is 26.1 Å². The first-order chi connectivity index (χ1) is 13.0. The second-order valence-corrected chi connectivity index (χ2v) is 8.46. The number of urea groups is 1. The molecule has 1 fully saturated rings. The zero-order valence-electron chi connectivity index (χ0n) is 15.1. The van der Waals surface area contributed by atoms with Crippen molar-refractivity contribution >= 4 is 15.9 Å². The summed E-state index contributed by atoms with van der Waals surface area (Å²) < 4.78 is 30.0. The van der Waals surface area contributed by atoms with Crippen LogP contribution in [0.2, 0.25) is 0 Å². The van der Waals surface area contributed by atoms with Crippen LogP contribution in [0.15, 0.2) is 40.0 Å². The molecule has 2 heterocycles. The Morgan fingerprint density at radius 3 is 2.59 bits per heavy atom. The molecule has 0 aliphatic carbocycles. The average Bonchev–Trinajstić information content (AvgIpc) is 3.16. The van der Waals surface area contributed by atoms with Crippen LogP contribution in [0.1, 0.15) is 37.1 Å². The first kappa shape index (κ1) is 19.3. The number of nitrogens with one attached hydrogen (secondary N) is 1. The Morgan fingerprint density at radius 2 is 1.85 bits per heavy atom. The number of hydrogen-bond donors (Lipinski definition) is 1. The highest BCUT2D eigenvalue weighted by molar-refractivity contribution is 7.90. The number of nitrogens with zero attached hydrogens (tertiary/aromatic N) is 3. The smallest absolute Gasteiger partial charge is 0.335 e. The largest absolute Gasteiger partial charge is 0.413 e. The minimum Gasteiger partial charge on any atom is -0.413 e. The van der Waals surface area contributed by atoms with E-state index < -0.39 is 9.84 Å². The van der Waals surface area contributed by atoms with Crippen LogP contribution in [0, 0.1) is 0 Å². The standard InChI is InChI=1S/C18H24N4O4S/c23-17(22-12-5-2-6-13-22)19-11-7-10-16-20-21-18(26-16)27(24,25)14-15-8-3-1-4-9-15/h1,3-4,8-9H,2,5-7,10-14H2,(H,19,23). The number of carbonyl (C=O) groups excluding carboxylic acids is 1. The molecule has 1 aromatic carbocycles. The second kappa shape index (κ2) is 8.98. The fraction of sp³-hybridized carbons (Fsp3) is 0.500. The van der Waals surface area contributed by atoms with Crippen LogP contribution >= 0.6 is 0 Å². The summed E-state index contributed by atoms with van der Waals surface area (Å²) in [6.45, 7) is 2.08. The van der Waals surface area contributed by atoms with E-state index in [-0.39, 0.29) is 22.9 Å². The highest BCUT2D eigenvalue weighted by atomic mass is 32.2. The van der Waals surface area contributed by atoms with Crippen molar-refractivity contribution in [1.29, 1.82) is 0 Å². The molecule has 2 aromatic rings. The van der Waals surface area contributed by atoms with Gasteiger partial charge in [-0.2, -0.15) is 0 Å². The lowest BCUT2D eigenvalue weighted by atomic mass is 10.1. The highest BCUT2D eigenvalue weighted by Gasteiger charge is 2.23. The van der Waals surface area contributed by atoms with Crippen molar-refractivity contribution in [3.05, 3.63) is 41.8 Å². The molecule has 9 heteroatoms. The van der Waals surface area contributed by atoms with Gasteiger partial charge in [-0.1, -0.05) is 35.4 Å². The maximum absolute atomic E-state index is 12.4. The molecule has 0 atom stereocenters. The van der Waals surface area contributed by atoms with E-state index >= 15 is 0 Å². The summed E-state index contributed by atoms with van der Waals surface area (Å²) in [5.74, 6) is 0.0790. The third-order valence-electron chi connectivity index (χ3n) is 4.40. The van der Waals surface area contributed by atoms with Gasteiger partial charge in [-0.3, -0.25) is 0 Å². The lowest BCUT2D eigenvalue weighted by molar-refractivity contribution is 0.186. The first-order valence-electron chi connectivity index (χ1n) is 9.16. The normalized spacial score (nSPS) is 14.9. The third-order valence-corrected chi connectivity index (χ3v) is 5.81. The molecule has 8 nitrogen and oxygen atoms in total. The van der Waals surface area contributed by atoms with Gasteiger partial charge in [0.05, 0.1) is 5.75 Å². The third kappa shape index (κ3) is 5.53. The summed E-state index contributed by atoms with van der Waals surface area (Å²) in [4.78, 5) is 13.8. The maximum atomic E-state index is 12.4. The minimum atomic E-state index is -3.67. The number of amides is 2. The molecular formula is C18H24N4O4S. The number of hydrogen-bond acceptors (Lipinski definition) is 6. The number of carbonyl (C=O) groups is 1. The van der Waals surface area contributed by atoms with Crippen LogP contribution in [0.4, 0.5) is 4.79 Å². The number of piperidine rings is 1. The molecule has 1 N–H and O–H groups in total. The first-order valence-corrected chi connectivity index (χ1v) is 10.8. The van der Waals surface area contributed by atoms with E-state index in [9.17, 15) is 13.2 Å². The Labute approximate surface area is 158 Å². The maximum Gasteiger partial charge on any atom is 0.335 e.